The minimum absolute atomic E-state index is 0.0986. The molecule has 0 saturated heterocycles. The van der Waals surface area contributed by atoms with E-state index in [1.54, 1.807) is 7.05 Å². The van der Waals surface area contributed by atoms with Gasteiger partial charge in [-0.15, -0.1) is 0 Å². The van der Waals surface area contributed by atoms with Crippen LogP contribution in [0.2, 0.25) is 0 Å². The van der Waals surface area contributed by atoms with Crippen LogP contribution in [0.4, 0.5) is 5.82 Å². The van der Waals surface area contributed by atoms with Crippen molar-refractivity contribution < 1.29 is 4.79 Å². The van der Waals surface area contributed by atoms with Crippen molar-refractivity contribution in [3.63, 3.8) is 0 Å². The third-order valence-corrected chi connectivity index (χ3v) is 6.32. The van der Waals surface area contributed by atoms with Gasteiger partial charge in [0.2, 0.25) is 0 Å². The lowest BCUT2D eigenvalue weighted by molar-refractivity contribution is 0.0963. The molecular formula is C29H25N5O. The zero-order chi connectivity index (χ0) is 23.8. The molecule has 1 amide bonds. The third-order valence-electron chi connectivity index (χ3n) is 6.32. The summed E-state index contributed by atoms with van der Waals surface area (Å²) in [5.41, 5.74) is 7.55. The summed E-state index contributed by atoms with van der Waals surface area (Å²) in [4.78, 5) is 21.6. The molecule has 1 fully saturated rings. The first kappa shape index (κ1) is 21.1. The number of pyridine rings is 2. The van der Waals surface area contributed by atoms with Crippen molar-refractivity contribution in [1.29, 1.82) is 0 Å². The van der Waals surface area contributed by atoms with E-state index in [2.05, 4.69) is 51.4 Å². The van der Waals surface area contributed by atoms with Crippen LogP contribution < -0.4 is 10.6 Å². The Bertz CT molecular complexity index is 1540. The monoisotopic (exact) mass is 459 g/mol. The number of hydrogen-bond acceptors (Lipinski definition) is 4. The van der Waals surface area contributed by atoms with Gasteiger partial charge in [0, 0.05) is 36.0 Å². The molecule has 3 heterocycles. The van der Waals surface area contributed by atoms with Crippen LogP contribution in [0.15, 0.2) is 91.3 Å². The minimum Gasteiger partial charge on any atom is -0.367 e. The van der Waals surface area contributed by atoms with E-state index in [0.717, 1.165) is 45.1 Å². The SMILES string of the molecule is CNC(=O)c1cccc(-c2ccn3c(-c4cc(NC5CC5)nc(-c5ccccc5)c4)cnc3c2)c1. The minimum atomic E-state index is -0.0986. The van der Waals surface area contributed by atoms with Crippen molar-refractivity contribution in [3.8, 4) is 33.6 Å². The molecule has 6 heteroatoms. The van der Waals surface area contributed by atoms with Gasteiger partial charge in [-0.25, -0.2) is 9.97 Å². The van der Waals surface area contributed by atoms with Crippen LogP contribution in [0, 0.1) is 0 Å². The van der Waals surface area contributed by atoms with Gasteiger partial charge in [-0.1, -0.05) is 42.5 Å². The van der Waals surface area contributed by atoms with E-state index < -0.39 is 0 Å². The quantitative estimate of drug-likeness (QED) is 0.344. The zero-order valence-corrected chi connectivity index (χ0v) is 19.4. The van der Waals surface area contributed by atoms with Crippen LogP contribution in [0.3, 0.4) is 0 Å². The fourth-order valence-electron chi connectivity index (χ4n) is 4.30. The topological polar surface area (TPSA) is 71.3 Å². The molecule has 35 heavy (non-hydrogen) atoms. The predicted molar refractivity (Wildman–Crippen MR) is 139 cm³/mol. The van der Waals surface area contributed by atoms with Gasteiger partial charge in [0.1, 0.15) is 11.5 Å². The molecule has 6 nitrogen and oxygen atoms in total. The van der Waals surface area contributed by atoms with Gasteiger partial charge in [-0.05, 0) is 60.4 Å². The van der Waals surface area contributed by atoms with E-state index >= 15 is 0 Å². The maximum atomic E-state index is 12.1. The van der Waals surface area contributed by atoms with Crippen LogP contribution in [-0.4, -0.2) is 33.4 Å². The average molecular weight is 460 g/mol. The second-order valence-electron chi connectivity index (χ2n) is 8.86. The molecule has 0 spiro atoms. The fourth-order valence-corrected chi connectivity index (χ4v) is 4.30. The first-order valence-corrected chi connectivity index (χ1v) is 11.8. The van der Waals surface area contributed by atoms with E-state index in [4.69, 9.17) is 9.97 Å². The van der Waals surface area contributed by atoms with E-state index in [-0.39, 0.29) is 5.91 Å². The second-order valence-corrected chi connectivity index (χ2v) is 8.86. The van der Waals surface area contributed by atoms with Gasteiger partial charge in [-0.2, -0.15) is 0 Å². The van der Waals surface area contributed by atoms with Crippen LogP contribution in [0.25, 0.3) is 39.3 Å². The molecule has 3 aromatic heterocycles. The lowest BCUT2D eigenvalue weighted by atomic mass is 10.0. The summed E-state index contributed by atoms with van der Waals surface area (Å²) >= 11 is 0. The zero-order valence-electron chi connectivity index (χ0n) is 19.4. The number of carbonyl (C=O) groups excluding carboxylic acids is 1. The number of carbonyl (C=O) groups is 1. The maximum absolute atomic E-state index is 12.1. The number of imidazole rings is 1. The van der Waals surface area contributed by atoms with Crippen LogP contribution in [0.5, 0.6) is 0 Å². The Balaban J connectivity index is 1.41. The lowest BCUT2D eigenvalue weighted by Crippen LogP contribution is -2.17. The highest BCUT2D eigenvalue weighted by Gasteiger charge is 2.22. The van der Waals surface area contributed by atoms with Gasteiger partial charge in [0.05, 0.1) is 17.6 Å². The molecule has 1 aliphatic carbocycles. The van der Waals surface area contributed by atoms with E-state index in [1.165, 1.54) is 12.8 Å². The Morgan fingerprint density at radius 1 is 0.886 bits per heavy atom. The maximum Gasteiger partial charge on any atom is 0.251 e. The Morgan fingerprint density at radius 3 is 2.49 bits per heavy atom. The van der Waals surface area contributed by atoms with Crippen LogP contribution >= 0.6 is 0 Å². The molecule has 0 radical (unpaired) electrons. The summed E-state index contributed by atoms with van der Waals surface area (Å²) in [5.74, 6) is 0.792. The Labute approximate surface area is 203 Å². The normalized spacial score (nSPS) is 13.1. The van der Waals surface area contributed by atoms with E-state index in [0.29, 0.717) is 11.6 Å². The highest BCUT2D eigenvalue weighted by Crippen LogP contribution is 2.32. The van der Waals surface area contributed by atoms with Crippen LogP contribution in [0.1, 0.15) is 23.2 Å². The average Bonchev–Trinajstić information content (AvgIpc) is 3.63. The predicted octanol–water partition coefficient (Wildman–Crippen LogP) is 5.66. The number of anilines is 1. The smallest absolute Gasteiger partial charge is 0.251 e. The standard InChI is InChI=1S/C29H25N5O/c1-30-29(35)22-9-5-8-20(14-22)21-12-13-34-26(18-31-28(34)17-21)23-15-25(19-6-3-2-4-7-19)33-27(16-23)32-24-10-11-24/h2-9,12-18,24H,10-11H2,1H3,(H,30,35)(H,32,33). The van der Waals surface area contributed by atoms with Gasteiger partial charge in [0.15, 0.2) is 0 Å². The molecule has 2 aromatic carbocycles. The first-order chi connectivity index (χ1) is 17.2. The molecule has 172 valence electrons. The van der Waals surface area contributed by atoms with Gasteiger partial charge in [0.25, 0.3) is 5.91 Å². The van der Waals surface area contributed by atoms with Crippen molar-refractivity contribution in [2.45, 2.75) is 18.9 Å². The molecule has 5 aromatic rings. The number of hydrogen-bond donors (Lipinski definition) is 2. The molecular weight excluding hydrogens is 434 g/mol. The summed E-state index contributed by atoms with van der Waals surface area (Å²) in [6.07, 6.45) is 6.32. The second kappa shape index (κ2) is 8.72. The number of benzene rings is 2. The molecule has 1 aliphatic rings. The number of rotatable bonds is 6. The Hall–Kier alpha value is -4.45. The van der Waals surface area contributed by atoms with Gasteiger partial charge < -0.3 is 10.6 Å². The molecule has 0 aliphatic heterocycles. The van der Waals surface area contributed by atoms with Crippen molar-refractivity contribution >= 4 is 17.4 Å². The number of fused-ring (bicyclic) bond motifs is 1. The summed E-state index contributed by atoms with van der Waals surface area (Å²) in [5, 5.41) is 6.23. The number of nitrogens with zero attached hydrogens (tertiary/aromatic N) is 3. The molecule has 0 atom stereocenters. The summed E-state index contributed by atoms with van der Waals surface area (Å²) < 4.78 is 2.09. The molecule has 0 unspecified atom stereocenters. The Morgan fingerprint density at radius 2 is 1.69 bits per heavy atom. The van der Waals surface area contributed by atoms with Gasteiger partial charge >= 0.3 is 0 Å². The largest absolute Gasteiger partial charge is 0.367 e. The molecule has 2 N–H and O–H groups in total. The fraction of sp³-hybridized carbons (Fsp3) is 0.138. The van der Waals surface area contributed by atoms with Gasteiger partial charge in [-0.3, -0.25) is 9.20 Å². The summed E-state index contributed by atoms with van der Waals surface area (Å²) in [6.45, 7) is 0. The van der Waals surface area contributed by atoms with Crippen molar-refractivity contribution in [1.82, 2.24) is 19.7 Å². The highest BCUT2D eigenvalue weighted by molar-refractivity contribution is 5.95. The lowest BCUT2D eigenvalue weighted by Gasteiger charge is -2.11. The number of amides is 1. The van der Waals surface area contributed by atoms with E-state index in [9.17, 15) is 4.79 Å². The first-order valence-electron chi connectivity index (χ1n) is 11.8. The summed E-state index contributed by atoms with van der Waals surface area (Å²) in [7, 11) is 1.64. The Kier molecular flexibility index (Phi) is 5.26. The highest BCUT2D eigenvalue weighted by atomic mass is 16.1. The van der Waals surface area contributed by atoms with Crippen molar-refractivity contribution in [2.24, 2.45) is 0 Å². The third kappa shape index (κ3) is 4.26. The van der Waals surface area contributed by atoms with Crippen LogP contribution in [-0.2, 0) is 0 Å². The number of aromatic nitrogens is 3. The molecule has 6 rings (SSSR count). The van der Waals surface area contributed by atoms with Crippen molar-refractivity contribution in [3.05, 3.63) is 96.8 Å². The van der Waals surface area contributed by atoms with Crippen molar-refractivity contribution in [2.75, 3.05) is 12.4 Å². The number of nitrogens with one attached hydrogen (secondary N) is 2. The van der Waals surface area contributed by atoms with E-state index in [1.807, 2.05) is 54.9 Å². The molecule has 0 bridgehead atoms. The molecule has 1 saturated carbocycles. The summed E-state index contributed by atoms with van der Waals surface area (Å²) in [6, 6.07) is 26.7.